The second kappa shape index (κ2) is 5.11. The lowest BCUT2D eigenvalue weighted by Crippen LogP contribution is -2.50. The molecule has 6 nitrogen and oxygen atoms in total. The van der Waals surface area contributed by atoms with Crippen molar-refractivity contribution in [1.29, 1.82) is 0 Å². The molecule has 2 bridgehead atoms. The van der Waals surface area contributed by atoms with Gasteiger partial charge in [0.05, 0.1) is 4.92 Å². The average molecular weight is 289 g/mol. The Hall–Kier alpha value is -1.95. The third-order valence-corrected chi connectivity index (χ3v) is 4.58. The summed E-state index contributed by atoms with van der Waals surface area (Å²) >= 11 is 0. The van der Waals surface area contributed by atoms with Crippen LogP contribution < -0.4 is 5.73 Å². The number of carbonyl (C=O) groups excluding carboxylic acids is 1. The van der Waals surface area contributed by atoms with Crippen molar-refractivity contribution in [2.45, 2.75) is 50.7 Å². The number of amides is 1. The Morgan fingerprint density at radius 1 is 1.33 bits per heavy atom. The van der Waals surface area contributed by atoms with Gasteiger partial charge in [-0.25, -0.2) is 0 Å². The fraction of sp³-hybridized carbons (Fsp3) is 0.533. The van der Waals surface area contributed by atoms with E-state index in [1.54, 1.807) is 12.1 Å². The van der Waals surface area contributed by atoms with Crippen LogP contribution in [0.15, 0.2) is 18.2 Å². The molecule has 21 heavy (non-hydrogen) atoms. The van der Waals surface area contributed by atoms with E-state index in [-0.39, 0.29) is 35.3 Å². The minimum atomic E-state index is -0.482. The highest BCUT2D eigenvalue weighted by Gasteiger charge is 2.43. The van der Waals surface area contributed by atoms with Gasteiger partial charge in [-0.2, -0.15) is 0 Å². The van der Waals surface area contributed by atoms with E-state index in [1.165, 1.54) is 6.07 Å². The number of nitrogens with two attached hydrogens (primary N) is 1. The van der Waals surface area contributed by atoms with Crippen LogP contribution in [0.1, 0.15) is 41.6 Å². The zero-order chi connectivity index (χ0) is 15.1. The van der Waals surface area contributed by atoms with E-state index < -0.39 is 4.92 Å². The average Bonchev–Trinajstić information content (AvgIpc) is 2.69. The summed E-state index contributed by atoms with van der Waals surface area (Å²) in [6.45, 7) is 1.83. The Morgan fingerprint density at radius 3 is 2.52 bits per heavy atom. The summed E-state index contributed by atoms with van der Waals surface area (Å²) in [5.41, 5.74) is 6.95. The number of nitro groups is 1. The summed E-state index contributed by atoms with van der Waals surface area (Å²) < 4.78 is 0. The summed E-state index contributed by atoms with van der Waals surface area (Å²) in [5.74, 6) is -0.218. The number of hydrogen-bond donors (Lipinski definition) is 1. The summed E-state index contributed by atoms with van der Waals surface area (Å²) in [7, 11) is 0. The van der Waals surface area contributed by atoms with E-state index in [0.717, 1.165) is 31.2 Å². The molecule has 2 aliphatic rings. The van der Waals surface area contributed by atoms with Gasteiger partial charge < -0.3 is 10.6 Å². The van der Waals surface area contributed by atoms with E-state index in [2.05, 4.69) is 0 Å². The Labute approximate surface area is 123 Å². The van der Waals surface area contributed by atoms with Crippen LogP contribution >= 0.6 is 0 Å². The third kappa shape index (κ3) is 2.40. The summed E-state index contributed by atoms with van der Waals surface area (Å²) in [6.07, 6.45) is 3.48. The first-order valence-corrected chi connectivity index (χ1v) is 7.30. The van der Waals surface area contributed by atoms with Gasteiger partial charge in [-0.05, 0) is 44.2 Å². The van der Waals surface area contributed by atoms with Crippen molar-refractivity contribution in [3.05, 3.63) is 39.4 Å². The van der Waals surface area contributed by atoms with E-state index in [4.69, 9.17) is 5.73 Å². The molecule has 2 unspecified atom stereocenters. The first kappa shape index (κ1) is 14.0. The van der Waals surface area contributed by atoms with Gasteiger partial charge in [0.25, 0.3) is 11.6 Å². The fourth-order valence-electron chi connectivity index (χ4n) is 3.67. The minimum Gasteiger partial charge on any atom is -0.332 e. The molecule has 2 heterocycles. The maximum absolute atomic E-state index is 12.8. The number of rotatable bonds is 2. The molecular formula is C15H19N3O3. The van der Waals surface area contributed by atoms with Crippen LogP contribution in [0, 0.1) is 17.0 Å². The first-order valence-electron chi connectivity index (χ1n) is 7.30. The molecule has 1 amide bonds. The Bertz CT molecular complexity index is 588. The molecule has 0 aliphatic carbocycles. The molecule has 112 valence electrons. The summed E-state index contributed by atoms with van der Waals surface area (Å²) in [6, 6.07) is 5.10. The normalized spacial score (nSPS) is 27.7. The number of nitro benzene ring substituents is 1. The molecule has 0 spiro atoms. The lowest BCUT2D eigenvalue weighted by atomic mass is 9.96. The van der Waals surface area contributed by atoms with E-state index in [1.807, 2.05) is 11.8 Å². The van der Waals surface area contributed by atoms with Gasteiger partial charge in [-0.3, -0.25) is 14.9 Å². The number of hydrogen-bond acceptors (Lipinski definition) is 4. The zero-order valence-electron chi connectivity index (χ0n) is 12.0. The van der Waals surface area contributed by atoms with Crippen molar-refractivity contribution < 1.29 is 9.72 Å². The monoisotopic (exact) mass is 289 g/mol. The SMILES string of the molecule is Cc1ccc([N+](=O)[O-])c(C(=O)N2C3CCC2CC(N)C3)c1. The number of fused-ring (bicyclic) bond motifs is 2. The Morgan fingerprint density at radius 2 is 1.95 bits per heavy atom. The second-order valence-corrected chi connectivity index (χ2v) is 6.11. The number of aryl methyl sites for hydroxylation is 1. The molecule has 0 aromatic heterocycles. The molecule has 3 rings (SSSR count). The predicted octanol–water partition coefficient (Wildman–Crippen LogP) is 2.00. The van der Waals surface area contributed by atoms with Crippen molar-refractivity contribution >= 4 is 11.6 Å². The highest BCUT2D eigenvalue weighted by Crippen LogP contribution is 2.37. The number of benzene rings is 1. The maximum atomic E-state index is 12.8. The smallest absolute Gasteiger partial charge is 0.282 e. The zero-order valence-corrected chi connectivity index (χ0v) is 12.0. The number of nitrogens with zero attached hydrogens (tertiary/aromatic N) is 2. The summed E-state index contributed by atoms with van der Waals surface area (Å²) in [5, 5.41) is 11.2. The second-order valence-electron chi connectivity index (χ2n) is 6.11. The van der Waals surface area contributed by atoms with Crippen LogP contribution in [0.2, 0.25) is 0 Å². The van der Waals surface area contributed by atoms with Gasteiger partial charge in [0.1, 0.15) is 5.56 Å². The van der Waals surface area contributed by atoms with E-state index >= 15 is 0 Å². The van der Waals surface area contributed by atoms with Crippen LogP contribution in [-0.2, 0) is 0 Å². The lowest BCUT2D eigenvalue weighted by molar-refractivity contribution is -0.385. The van der Waals surface area contributed by atoms with Crippen molar-refractivity contribution in [2.24, 2.45) is 5.73 Å². The molecule has 2 aliphatic heterocycles. The van der Waals surface area contributed by atoms with Crippen LogP contribution in [0.3, 0.4) is 0 Å². The highest BCUT2D eigenvalue weighted by molar-refractivity contribution is 5.99. The summed E-state index contributed by atoms with van der Waals surface area (Å²) in [4.78, 5) is 25.3. The van der Waals surface area contributed by atoms with Gasteiger partial charge in [0.15, 0.2) is 0 Å². The van der Waals surface area contributed by atoms with E-state index in [9.17, 15) is 14.9 Å². The van der Waals surface area contributed by atoms with Crippen molar-refractivity contribution in [3.8, 4) is 0 Å². The fourth-order valence-corrected chi connectivity index (χ4v) is 3.67. The number of carbonyl (C=O) groups is 1. The van der Waals surface area contributed by atoms with Gasteiger partial charge >= 0.3 is 0 Å². The largest absolute Gasteiger partial charge is 0.332 e. The lowest BCUT2D eigenvalue weighted by Gasteiger charge is -2.37. The van der Waals surface area contributed by atoms with Crippen molar-refractivity contribution in [2.75, 3.05) is 0 Å². The predicted molar refractivity (Wildman–Crippen MR) is 78.0 cm³/mol. The van der Waals surface area contributed by atoms with Crippen LogP contribution in [-0.4, -0.2) is 33.9 Å². The maximum Gasteiger partial charge on any atom is 0.282 e. The molecule has 0 radical (unpaired) electrons. The Kier molecular flexibility index (Phi) is 3.41. The highest BCUT2D eigenvalue weighted by atomic mass is 16.6. The first-order chi connectivity index (χ1) is 9.97. The van der Waals surface area contributed by atoms with Gasteiger partial charge in [-0.1, -0.05) is 6.07 Å². The van der Waals surface area contributed by atoms with Gasteiger partial charge in [-0.15, -0.1) is 0 Å². The topological polar surface area (TPSA) is 89.5 Å². The Balaban J connectivity index is 1.96. The molecule has 2 N–H and O–H groups in total. The molecule has 2 fully saturated rings. The van der Waals surface area contributed by atoms with Crippen LogP contribution in [0.5, 0.6) is 0 Å². The number of piperidine rings is 1. The standard InChI is InChI=1S/C15H19N3O3/c1-9-2-5-14(18(20)21)13(6-9)15(19)17-11-3-4-12(17)8-10(16)7-11/h2,5-6,10-12H,3-4,7-8,16H2,1H3. The molecule has 0 saturated carbocycles. The van der Waals surface area contributed by atoms with Crippen molar-refractivity contribution in [3.63, 3.8) is 0 Å². The third-order valence-electron chi connectivity index (χ3n) is 4.58. The molecule has 1 aromatic carbocycles. The molecule has 1 aromatic rings. The van der Waals surface area contributed by atoms with E-state index in [0.29, 0.717) is 0 Å². The van der Waals surface area contributed by atoms with Crippen LogP contribution in [0.25, 0.3) is 0 Å². The molecular weight excluding hydrogens is 270 g/mol. The molecule has 2 saturated heterocycles. The quantitative estimate of drug-likeness (QED) is 0.666. The van der Waals surface area contributed by atoms with Gasteiger partial charge in [0, 0.05) is 24.2 Å². The van der Waals surface area contributed by atoms with Crippen LogP contribution in [0.4, 0.5) is 5.69 Å². The van der Waals surface area contributed by atoms with Crippen molar-refractivity contribution in [1.82, 2.24) is 4.90 Å². The molecule has 6 heteroatoms. The molecule has 2 atom stereocenters. The minimum absolute atomic E-state index is 0.111. The van der Waals surface area contributed by atoms with Gasteiger partial charge in [0.2, 0.25) is 0 Å².